The van der Waals surface area contributed by atoms with Crippen LogP contribution < -0.4 is 20.1 Å². The fourth-order valence-corrected chi connectivity index (χ4v) is 3.57. The van der Waals surface area contributed by atoms with E-state index >= 15 is 0 Å². The fourth-order valence-electron chi connectivity index (χ4n) is 3.57. The summed E-state index contributed by atoms with van der Waals surface area (Å²) in [6.07, 6.45) is 3.46. The van der Waals surface area contributed by atoms with Crippen LogP contribution in [0, 0.1) is 0 Å². The van der Waals surface area contributed by atoms with Crippen LogP contribution in [0.5, 0.6) is 11.5 Å². The van der Waals surface area contributed by atoms with E-state index in [4.69, 9.17) is 15.2 Å². The van der Waals surface area contributed by atoms with Crippen LogP contribution in [0.3, 0.4) is 0 Å². The van der Waals surface area contributed by atoms with Gasteiger partial charge in [-0.2, -0.15) is 4.98 Å². The number of aromatic nitrogens is 2. The van der Waals surface area contributed by atoms with Gasteiger partial charge in [-0.15, -0.1) is 0 Å². The molecule has 31 heavy (non-hydrogen) atoms. The highest BCUT2D eigenvalue weighted by atomic mass is 16.5. The molecule has 0 atom stereocenters. The second-order valence-corrected chi connectivity index (χ2v) is 7.19. The van der Waals surface area contributed by atoms with Crippen molar-refractivity contribution in [2.24, 2.45) is 0 Å². The number of benzene rings is 2. The minimum absolute atomic E-state index is 0.000668. The molecule has 1 aliphatic rings. The first kappa shape index (κ1) is 20.5. The number of nitrogens with two attached hydrogens (primary N) is 1. The molecular formula is C23H25N5O3. The van der Waals surface area contributed by atoms with Gasteiger partial charge in [0, 0.05) is 43.7 Å². The van der Waals surface area contributed by atoms with Gasteiger partial charge < -0.3 is 25.0 Å². The number of nitrogen functional groups attached to an aromatic ring is 1. The average molecular weight is 419 g/mol. The predicted molar refractivity (Wildman–Crippen MR) is 121 cm³/mol. The molecule has 0 unspecified atom stereocenters. The van der Waals surface area contributed by atoms with Gasteiger partial charge in [-0.3, -0.25) is 4.79 Å². The number of hydrogen-bond donors (Lipinski definition) is 1. The highest BCUT2D eigenvalue weighted by Crippen LogP contribution is 2.34. The maximum Gasteiger partial charge on any atom is 0.246 e. The first-order valence-electron chi connectivity index (χ1n) is 10.1. The lowest BCUT2D eigenvalue weighted by Gasteiger charge is -2.34. The van der Waals surface area contributed by atoms with Crippen molar-refractivity contribution in [3.8, 4) is 11.5 Å². The maximum atomic E-state index is 12.5. The Labute approximate surface area is 180 Å². The van der Waals surface area contributed by atoms with Crippen molar-refractivity contribution in [1.29, 1.82) is 0 Å². The van der Waals surface area contributed by atoms with Crippen molar-refractivity contribution in [1.82, 2.24) is 14.9 Å². The highest BCUT2D eigenvalue weighted by molar-refractivity contribution is 5.92. The number of hydrogen-bond acceptors (Lipinski definition) is 7. The number of ether oxygens (including phenoxy) is 2. The van der Waals surface area contributed by atoms with Crippen LogP contribution in [0.15, 0.2) is 48.5 Å². The summed E-state index contributed by atoms with van der Waals surface area (Å²) in [4.78, 5) is 25.5. The number of nitrogens with zero attached hydrogens (tertiary/aromatic N) is 4. The third-order valence-electron chi connectivity index (χ3n) is 5.31. The summed E-state index contributed by atoms with van der Waals surface area (Å²) >= 11 is 0. The Kier molecular flexibility index (Phi) is 5.88. The van der Waals surface area contributed by atoms with Crippen LogP contribution in [0.2, 0.25) is 0 Å². The smallest absolute Gasteiger partial charge is 0.246 e. The average Bonchev–Trinajstić information content (AvgIpc) is 2.82. The molecule has 2 heterocycles. The van der Waals surface area contributed by atoms with Crippen molar-refractivity contribution in [2.45, 2.75) is 0 Å². The molecule has 1 aromatic heterocycles. The van der Waals surface area contributed by atoms with Crippen molar-refractivity contribution < 1.29 is 14.3 Å². The van der Waals surface area contributed by atoms with E-state index in [1.807, 2.05) is 46.2 Å². The lowest BCUT2D eigenvalue weighted by molar-refractivity contribution is -0.126. The third-order valence-corrected chi connectivity index (χ3v) is 5.31. The van der Waals surface area contributed by atoms with Gasteiger partial charge in [-0.05, 0) is 17.7 Å². The van der Waals surface area contributed by atoms with Crippen molar-refractivity contribution in [3.05, 3.63) is 54.1 Å². The first-order chi connectivity index (χ1) is 15.1. The van der Waals surface area contributed by atoms with E-state index in [0.29, 0.717) is 60.3 Å². The van der Waals surface area contributed by atoms with Crippen LogP contribution >= 0.6 is 0 Å². The minimum Gasteiger partial charge on any atom is -0.493 e. The number of carbonyl (C=O) groups is 1. The SMILES string of the molecule is COc1cc2nc(N3CCN(C(=O)/C=C/c4ccccc4)CC3)nc(N)c2cc1OC. The van der Waals surface area contributed by atoms with E-state index in [-0.39, 0.29) is 5.91 Å². The van der Waals surface area contributed by atoms with E-state index in [0.717, 1.165) is 5.56 Å². The largest absolute Gasteiger partial charge is 0.493 e. The minimum atomic E-state index is -0.000668. The zero-order valence-corrected chi connectivity index (χ0v) is 17.6. The van der Waals surface area contributed by atoms with Crippen LogP contribution in [0.1, 0.15) is 5.56 Å². The Hall–Kier alpha value is -3.81. The molecule has 1 amide bonds. The Morgan fingerprint density at radius 2 is 1.68 bits per heavy atom. The molecule has 1 aliphatic heterocycles. The lowest BCUT2D eigenvalue weighted by Crippen LogP contribution is -2.48. The predicted octanol–water partition coefficient (Wildman–Crippen LogP) is 2.59. The van der Waals surface area contributed by atoms with Crippen molar-refractivity contribution in [3.63, 3.8) is 0 Å². The molecule has 2 N–H and O–H groups in total. The molecule has 1 fully saturated rings. The maximum absolute atomic E-state index is 12.5. The van der Waals surface area contributed by atoms with Crippen LogP contribution in [0.25, 0.3) is 17.0 Å². The summed E-state index contributed by atoms with van der Waals surface area (Å²) < 4.78 is 10.7. The summed E-state index contributed by atoms with van der Waals surface area (Å²) in [6.45, 7) is 2.43. The summed E-state index contributed by atoms with van der Waals surface area (Å²) in [5, 5.41) is 0.710. The second kappa shape index (κ2) is 8.91. The molecule has 4 rings (SSSR count). The van der Waals surface area contributed by atoms with E-state index < -0.39 is 0 Å². The fraction of sp³-hybridized carbons (Fsp3) is 0.261. The van der Waals surface area contributed by atoms with Crippen LogP contribution in [-0.4, -0.2) is 61.2 Å². The molecule has 160 valence electrons. The highest BCUT2D eigenvalue weighted by Gasteiger charge is 2.22. The zero-order valence-electron chi connectivity index (χ0n) is 17.6. The number of piperazine rings is 1. The first-order valence-corrected chi connectivity index (χ1v) is 10.1. The number of amides is 1. The standard InChI is InChI=1S/C23H25N5O3/c1-30-19-14-17-18(15-20(19)31-2)25-23(26-22(17)24)28-12-10-27(11-13-28)21(29)9-8-16-6-4-3-5-7-16/h3-9,14-15H,10-13H2,1-2H3,(H2,24,25,26)/b9-8+. The topological polar surface area (TPSA) is 93.8 Å². The van der Waals surface area contributed by atoms with Crippen LogP contribution in [-0.2, 0) is 4.79 Å². The van der Waals surface area contributed by atoms with Gasteiger partial charge in [0.05, 0.1) is 19.7 Å². The molecule has 3 aromatic rings. The number of anilines is 2. The van der Waals surface area contributed by atoms with E-state index in [1.54, 1.807) is 32.4 Å². The Morgan fingerprint density at radius 3 is 2.35 bits per heavy atom. The second-order valence-electron chi connectivity index (χ2n) is 7.19. The van der Waals surface area contributed by atoms with Gasteiger partial charge in [-0.25, -0.2) is 4.98 Å². The number of fused-ring (bicyclic) bond motifs is 1. The molecule has 0 aliphatic carbocycles. The Bertz CT molecular complexity index is 1110. The van der Waals surface area contributed by atoms with Crippen LogP contribution in [0.4, 0.5) is 11.8 Å². The Morgan fingerprint density at radius 1 is 1.00 bits per heavy atom. The summed E-state index contributed by atoms with van der Waals surface area (Å²) in [5.41, 5.74) is 7.89. The van der Waals surface area contributed by atoms with Gasteiger partial charge in [0.15, 0.2) is 11.5 Å². The molecule has 8 heteroatoms. The van der Waals surface area contributed by atoms with E-state index in [9.17, 15) is 4.79 Å². The molecule has 2 aromatic carbocycles. The van der Waals surface area contributed by atoms with Gasteiger partial charge in [-0.1, -0.05) is 30.3 Å². The monoisotopic (exact) mass is 419 g/mol. The normalized spacial score (nSPS) is 14.3. The van der Waals surface area contributed by atoms with Gasteiger partial charge >= 0.3 is 0 Å². The number of methoxy groups -OCH3 is 2. The molecule has 0 radical (unpaired) electrons. The molecule has 1 saturated heterocycles. The number of carbonyl (C=O) groups excluding carboxylic acids is 1. The molecule has 0 saturated carbocycles. The van der Waals surface area contributed by atoms with Gasteiger partial charge in [0.2, 0.25) is 11.9 Å². The molecule has 0 bridgehead atoms. The van der Waals surface area contributed by atoms with Crippen molar-refractivity contribution >= 4 is 34.7 Å². The quantitative estimate of drug-likeness (QED) is 0.635. The molecular weight excluding hydrogens is 394 g/mol. The number of rotatable bonds is 5. The summed E-state index contributed by atoms with van der Waals surface area (Å²) in [6, 6.07) is 13.4. The van der Waals surface area contributed by atoms with Crippen molar-refractivity contribution in [2.75, 3.05) is 51.0 Å². The molecule has 0 spiro atoms. The lowest BCUT2D eigenvalue weighted by atomic mass is 10.2. The zero-order chi connectivity index (χ0) is 21.8. The third kappa shape index (κ3) is 4.37. The van der Waals surface area contributed by atoms with Gasteiger partial charge in [0.1, 0.15) is 5.82 Å². The summed E-state index contributed by atoms with van der Waals surface area (Å²) in [5.74, 6) is 2.09. The Balaban J connectivity index is 1.47. The van der Waals surface area contributed by atoms with Gasteiger partial charge in [0.25, 0.3) is 0 Å². The van der Waals surface area contributed by atoms with E-state index in [1.165, 1.54) is 0 Å². The molecule has 8 nitrogen and oxygen atoms in total. The summed E-state index contributed by atoms with van der Waals surface area (Å²) in [7, 11) is 3.16. The van der Waals surface area contributed by atoms with E-state index in [2.05, 4.69) is 9.97 Å².